The van der Waals surface area contributed by atoms with Crippen LogP contribution in [0.25, 0.3) is 0 Å². The van der Waals surface area contributed by atoms with Crippen LogP contribution in [0.2, 0.25) is 0 Å². The Labute approximate surface area is 139 Å². The molecule has 122 valence electrons. The predicted octanol–water partition coefficient (Wildman–Crippen LogP) is 1.79. The quantitative estimate of drug-likeness (QED) is 0.873. The molecular weight excluding hydrogens is 312 g/mol. The molecule has 2 heterocycles. The zero-order chi connectivity index (χ0) is 16.2. The average Bonchev–Trinajstić information content (AvgIpc) is 2.95. The maximum atomic E-state index is 12.0. The Morgan fingerprint density at radius 2 is 2.09 bits per heavy atom. The molecule has 1 aromatic heterocycles. The number of hydrogen-bond acceptors (Lipinski definition) is 6. The first kappa shape index (κ1) is 15.7. The van der Waals surface area contributed by atoms with E-state index in [9.17, 15) is 4.79 Å². The zero-order valence-corrected chi connectivity index (χ0v) is 14.1. The Morgan fingerprint density at radius 1 is 1.35 bits per heavy atom. The fourth-order valence-electron chi connectivity index (χ4n) is 2.49. The lowest BCUT2D eigenvalue weighted by Crippen LogP contribution is -2.59. The van der Waals surface area contributed by atoms with Crippen LogP contribution in [-0.4, -0.2) is 42.3 Å². The number of amides is 1. The van der Waals surface area contributed by atoms with Gasteiger partial charge in [-0.25, -0.2) is 0 Å². The summed E-state index contributed by atoms with van der Waals surface area (Å²) in [4.78, 5) is 14.1. The van der Waals surface area contributed by atoms with E-state index in [0.717, 1.165) is 41.0 Å². The van der Waals surface area contributed by atoms with Gasteiger partial charge in [-0.15, -0.1) is 10.2 Å². The monoisotopic (exact) mass is 332 g/mol. The van der Waals surface area contributed by atoms with Crippen LogP contribution in [0.3, 0.4) is 0 Å². The number of hydrogen-bond donors (Lipinski definition) is 1. The molecule has 0 spiro atoms. The van der Waals surface area contributed by atoms with Crippen molar-refractivity contribution in [3.05, 3.63) is 34.8 Å². The van der Waals surface area contributed by atoms with E-state index in [2.05, 4.69) is 20.4 Å². The molecule has 3 rings (SSSR count). The van der Waals surface area contributed by atoms with Crippen molar-refractivity contribution in [3.63, 3.8) is 0 Å². The molecule has 1 N–H and O–H groups in total. The minimum Gasteiger partial charge on any atom is -0.497 e. The van der Waals surface area contributed by atoms with Gasteiger partial charge in [0.2, 0.25) is 11.0 Å². The lowest BCUT2D eigenvalue weighted by atomic mass is 10.1. The van der Waals surface area contributed by atoms with Gasteiger partial charge in [-0.05, 0) is 31.0 Å². The SMILES string of the molecule is COc1ccc(CCC(=O)NC2CN(c3nnc(C)s3)C2)cc1. The second kappa shape index (κ2) is 6.95. The van der Waals surface area contributed by atoms with Crippen LogP contribution >= 0.6 is 11.3 Å². The third kappa shape index (κ3) is 3.98. The van der Waals surface area contributed by atoms with E-state index >= 15 is 0 Å². The van der Waals surface area contributed by atoms with Gasteiger partial charge in [0.05, 0.1) is 13.2 Å². The molecule has 1 aromatic carbocycles. The molecular formula is C16H20N4O2S. The van der Waals surface area contributed by atoms with Gasteiger partial charge in [-0.3, -0.25) is 4.79 Å². The number of carbonyl (C=O) groups excluding carboxylic acids is 1. The normalized spacial score (nSPS) is 14.4. The number of carbonyl (C=O) groups is 1. The van der Waals surface area contributed by atoms with Crippen molar-refractivity contribution in [2.24, 2.45) is 0 Å². The van der Waals surface area contributed by atoms with Gasteiger partial charge in [0, 0.05) is 19.5 Å². The van der Waals surface area contributed by atoms with Gasteiger partial charge in [-0.1, -0.05) is 23.5 Å². The summed E-state index contributed by atoms with van der Waals surface area (Å²) in [5.41, 5.74) is 1.14. The Hall–Kier alpha value is -2.15. The van der Waals surface area contributed by atoms with E-state index in [1.807, 2.05) is 31.2 Å². The minimum absolute atomic E-state index is 0.0962. The Kier molecular flexibility index (Phi) is 4.76. The van der Waals surface area contributed by atoms with E-state index in [0.29, 0.717) is 6.42 Å². The number of ether oxygens (including phenoxy) is 1. The summed E-state index contributed by atoms with van der Waals surface area (Å²) in [5.74, 6) is 0.929. The second-order valence-electron chi connectivity index (χ2n) is 5.62. The molecule has 1 fully saturated rings. The predicted molar refractivity (Wildman–Crippen MR) is 90.1 cm³/mol. The van der Waals surface area contributed by atoms with Gasteiger partial charge in [-0.2, -0.15) is 0 Å². The fraction of sp³-hybridized carbons (Fsp3) is 0.438. The van der Waals surface area contributed by atoms with Gasteiger partial charge < -0.3 is 15.0 Å². The van der Waals surface area contributed by atoms with E-state index in [1.165, 1.54) is 0 Å². The fourth-order valence-corrected chi connectivity index (χ4v) is 3.20. The summed E-state index contributed by atoms with van der Waals surface area (Å²) in [6.07, 6.45) is 1.24. The van der Waals surface area contributed by atoms with E-state index in [4.69, 9.17) is 4.74 Å². The number of rotatable bonds is 6. The van der Waals surface area contributed by atoms with E-state index in [1.54, 1.807) is 18.4 Å². The molecule has 1 aliphatic heterocycles. The number of aryl methyl sites for hydroxylation is 2. The highest BCUT2D eigenvalue weighted by Crippen LogP contribution is 2.24. The number of nitrogens with zero attached hydrogens (tertiary/aromatic N) is 3. The van der Waals surface area contributed by atoms with Crippen LogP contribution in [0.4, 0.5) is 5.13 Å². The molecule has 0 atom stereocenters. The van der Waals surface area contributed by atoms with E-state index < -0.39 is 0 Å². The highest BCUT2D eigenvalue weighted by atomic mass is 32.1. The molecule has 0 saturated carbocycles. The van der Waals surface area contributed by atoms with Crippen LogP contribution < -0.4 is 15.0 Å². The van der Waals surface area contributed by atoms with Crippen molar-refractivity contribution in [2.45, 2.75) is 25.8 Å². The average molecular weight is 332 g/mol. The lowest BCUT2D eigenvalue weighted by Gasteiger charge is -2.39. The van der Waals surface area contributed by atoms with Crippen molar-refractivity contribution >= 4 is 22.4 Å². The van der Waals surface area contributed by atoms with Crippen molar-refractivity contribution in [1.82, 2.24) is 15.5 Å². The summed E-state index contributed by atoms with van der Waals surface area (Å²) in [6, 6.07) is 8.04. The van der Waals surface area contributed by atoms with E-state index in [-0.39, 0.29) is 11.9 Å². The first-order valence-corrected chi connectivity index (χ1v) is 8.43. The Bertz CT molecular complexity index is 665. The highest BCUT2D eigenvalue weighted by molar-refractivity contribution is 7.15. The summed E-state index contributed by atoms with van der Waals surface area (Å²) in [7, 11) is 1.65. The number of nitrogens with one attached hydrogen (secondary N) is 1. The third-order valence-electron chi connectivity index (χ3n) is 3.83. The molecule has 0 bridgehead atoms. The summed E-state index contributed by atoms with van der Waals surface area (Å²) in [5, 5.41) is 13.1. The summed E-state index contributed by atoms with van der Waals surface area (Å²) < 4.78 is 5.12. The van der Waals surface area contributed by atoms with Crippen molar-refractivity contribution in [3.8, 4) is 5.75 Å². The molecule has 6 nitrogen and oxygen atoms in total. The standard InChI is InChI=1S/C16H20N4O2S/c1-11-18-19-16(23-11)20-9-13(10-20)17-15(21)8-5-12-3-6-14(22-2)7-4-12/h3-4,6-7,13H,5,8-10H2,1-2H3,(H,17,21). The van der Waals surface area contributed by atoms with Crippen molar-refractivity contribution < 1.29 is 9.53 Å². The minimum atomic E-state index is 0.0962. The lowest BCUT2D eigenvalue weighted by molar-refractivity contribution is -0.121. The molecule has 0 aliphatic carbocycles. The van der Waals surface area contributed by atoms with Crippen molar-refractivity contribution in [2.75, 3.05) is 25.1 Å². The second-order valence-corrected chi connectivity index (χ2v) is 6.78. The van der Waals surface area contributed by atoms with Crippen molar-refractivity contribution in [1.29, 1.82) is 0 Å². The van der Waals surface area contributed by atoms with Crippen LogP contribution in [0, 0.1) is 6.92 Å². The van der Waals surface area contributed by atoms with Gasteiger partial charge >= 0.3 is 0 Å². The summed E-state index contributed by atoms with van der Waals surface area (Å²) >= 11 is 1.58. The highest BCUT2D eigenvalue weighted by Gasteiger charge is 2.30. The first-order chi connectivity index (χ1) is 11.1. The number of benzene rings is 1. The molecule has 0 radical (unpaired) electrons. The molecule has 1 amide bonds. The maximum absolute atomic E-state index is 12.0. The topological polar surface area (TPSA) is 67.3 Å². The maximum Gasteiger partial charge on any atom is 0.220 e. The third-order valence-corrected chi connectivity index (χ3v) is 4.73. The Morgan fingerprint density at radius 3 is 2.70 bits per heavy atom. The van der Waals surface area contributed by atoms with Gasteiger partial charge in [0.25, 0.3) is 0 Å². The zero-order valence-electron chi connectivity index (χ0n) is 13.3. The molecule has 1 aliphatic rings. The van der Waals surface area contributed by atoms with Crippen LogP contribution in [0.15, 0.2) is 24.3 Å². The summed E-state index contributed by atoms with van der Waals surface area (Å²) in [6.45, 7) is 3.56. The number of anilines is 1. The van der Waals surface area contributed by atoms with Gasteiger partial charge in [0.1, 0.15) is 10.8 Å². The smallest absolute Gasteiger partial charge is 0.220 e. The number of methoxy groups -OCH3 is 1. The van der Waals surface area contributed by atoms with Crippen LogP contribution in [0.5, 0.6) is 5.75 Å². The molecule has 2 aromatic rings. The molecule has 1 saturated heterocycles. The van der Waals surface area contributed by atoms with Crippen LogP contribution in [-0.2, 0) is 11.2 Å². The van der Waals surface area contributed by atoms with Crippen LogP contribution in [0.1, 0.15) is 17.0 Å². The molecule has 23 heavy (non-hydrogen) atoms. The molecule has 7 heteroatoms. The largest absolute Gasteiger partial charge is 0.497 e. The first-order valence-electron chi connectivity index (χ1n) is 7.61. The van der Waals surface area contributed by atoms with Gasteiger partial charge in [0.15, 0.2) is 0 Å². The molecule has 0 unspecified atom stereocenters. The Balaban J connectivity index is 1.38. The number of aromatic nitrogens is 2.